The van der Waals surface area contributed by atoms with Crippen LogP contribution in [-0.4, -0.2) is 31.7 Å². The molecule has 2 rings (SSSR count). The summed E-state index contributed by atoms with van der Waals surface area (Å²) in [7, 11) is 0. The highest BCUT2D eigenvalue weighted by molar-refractivity contribution is 6.03. The quantitative estimate of drug-likeness (QED) is 0.865. The largest absolute Gasteiger partial charge is 0.375 e. The number of amides is 1. The van der Waals surface area contributed by atoms with E-state index in [1.54, 1.807) is 0 Å². The zero-order chi connectivity index (χ0) is 15.2. The lowest BCUT2D eigenvalue weighted by molar-refractivity contribution is -0.112. The van der Waals surface area contributed by atoms with Gasteiger partial charge in [0.1, 0.15) is 0 Å². The molecule has 1 N–H and O–H groups in total. The van der Waals surface area contributed by atoms with Gasteiger partial charge in [-0.05, 0) is 44.5 Å². The number of hydrogen-bond acceptors (Lipinski definition) is 3. The van der Waals surface area contributed by atoms with Crippen molar-refractivity contribution in [3.8, 4) is 0 Å². The van der Waals surface area contributed by atoms with Crippen molar-refractivity contribution in [2.24, 2.45) is 0 Å². The molecule has 1 fully saturated rings. The average molecular weight is 288 g/mol. The monoisotopic (exact) mass is 288 g/mol. The van der Waals surface area contributed by atoms with E-state index in [1.165, 1.54) is 5.69 Å². The Labute approximate surface area is 126 Å². The summed E-state index contributed by atoms with van der Waals surface area (Å²) in [5.74, 6) is -0.0374. The van der Waals surface area contributed by atoms with Crippen LogP contribution in [0.5, 0.6) is 0 Å². The Morgan fingerprint density at radius 3 is 2.76 bits per heavy atom. The second kappa shape index (κ2) is 7.27. The minimum Gasteiger partial charge on any atom is -0.375 e. The number of carbonyl (C=O) groups is 1. The van der Waals surface area contributed by atoms with Crippen LogP contribution in [-0.2, 0) is 9.53 Å². The summed E-state index contributed by atoms with van der Waals surface area (Å²) in [5.41, 5.74) is 2.75. The fraction of sp³-hybridized carbons (Fsp3) is 0.471. The highest BCUT2D eigenvalue weighted by Crippen LogP contribution is 2.20. The van der Waals surface area contributed by atoms with Crippen molar-refractivity contribution in [1.29, 1.82) is 0 Å². The molecule has 0 unspecified atom stereocenters. The van der Waals surface area contributed by atoms with Gasteiger partial charge in [-0.15, -0.1) is 0 Å². The zero-order valence-corrected chi connectivity index (χ0v) is 13.1. The first kappa shape index (κ1) is 15.6. The number of rotatable bonds is 4. The van der Waals surface area contributed by atoms with Gasteiger partial charge < -0.3 is 15.0 Å². The maximum atomic E-state index is 11.9. The SMILES string of the molecule is CC/C=C(/C)C(=O)Nc1ccc(N2CCO[C@H](C)C2)cc1. The average Bonchev–Trinajstić information content (AvgIpc) is 2.48. The molecule has 4 heteroatoms. The first-order valence-electron chi connectivity index (χ1n) is 7.55. The van der Waals surface area contributed by atoms with E-state index in [2.05, 4.69) is 17.1 Å². The summed E-state index contributed by atoms with van der Waals surface area (Å²) in [4.78, 5) is 14.2. The third-order valence-electron chi connectivity index (χ3n) is 3.60. The number of morpholine rings is 1. The predicted octanol–water partition coefficient (Wildman–Crippen LogP) is 3.21. The highest BCUT2D eigenvalue weighted by Gasteiger charge is 2.16. The molecule has 1 saturated heterocycles. The molecule has 1 aliphatic heterocycles. The second-order valence-corrected chi connectivity index (χ2v) is 5.42. The highest BCUT2D eigenvalue weighted by atomic mass is 16.5. The van der Waals surface area contributed by atoms with E-state index < -0.39 is 0 Å². The van der Waals surface area contributed by atoms with E-state index in [-0.39, 0.29) is 12.0 Å². The molecule has 1 aromatic carbocycles. The van der Waals surface area contributed by atoms with Crippen LogP contribution in [0, 0.1) is 0 Å². The zero-order valence-electron chi connectivity index (χ0n) is 13.1. The Kier molecular flexibility index (Phi) is 5.39. The third-order valence-corrected chi connectivity index (χ3v) is 3.60. The number of carbonyl (C=O) groups excluding carboxylic acids is 1. The summed E-state index contributed by atoms with van der Waals surface area (Å²) < 4.78 is 5.55. The molecule has 1 amide bonds. The van der Waals surface area contributed by atoms with Crippen molar-refractivity contribution in [3.63, 3.8) is 0 Å². The molecule has 0 radical (unpaired) electrons. The minimum atomic E-state index is -0.0374. The lowest BCUT2D eigenvalue weighted by Gasteiger charge is -2.33. The van der Waals surface area contributed by atoms with Crippen molar-refractivity contribution in [2.75, 3.05) is 29.9 Å². The summed E-state index contributed by atoms with van der Waals surface area (Å²) >= 11 is 0. The molecular weight excluding hydrogens is 264 g/mol. The van der Waals surface area contributed by atoms with Crippen LogP contribution < -0.4 is 10.2 Å². The summed E-state index contributed by atoms with van der Waals surface area (Å²) in [6.07, 6.45) is 3.06. The number of anilines is 2. The van der Waals surface area contributed by atoms with Crippen LogP contribution in [0.2, 0.25) is 0 Å². The van der Waals surface area contributed by atoms with E-state index in [1.807, 2.05) is 44.2 Å². The fourth-order valence-corrected chi connectivity index (χ4v) is 2.44. The molecule has 1 atom stereocenters. The molecule has 0 bridgehead atoms. The number of nitrogens with zero attached hydrogens (tertiary/aromatic N) is 1. The lowest BCUT2D eigenvalue weighted by Crippen LogP contribution is -2.41. The van der Waals surface area contributed by atoms with Gasteiger partial charge in [-0.1, -0.05) is 13.0 Å². The first-order chi connectivity index (χ1) is 10.1. The van der Waals surface area contributed by atoms with Gasteiger partial charge in [0, 0.05) is 30.0 Å². The molecular formula is C17H24N2O2. The van der Waals surface area contributed by atoms with E-state index in [4.69, 9.17) is 4.74 Å². The number of nitrogens with one attached hydrogen (secondary N) is 1. The molecule has 0 aromatic heterocycles. The van der Waals surface area contributed by atoms with Crippen molar-refractivity contribution in [2.45, 2.75) is 33.3 Å². The summed E-state index contributed by atoms with van der Waals surface area (Å²) in [6, 6.07) is 8.00. The standard InChI is InChI=1S/C17H24N2O2/c1-4-5-13(2)17(20)18-15-6-8-16(9-7-15)19-10-11-21-14(3)12-19/h5-9,14H,4,10-12H2,1-3H3,(H,18,20)/b13-5-/t14-/m1/s1. The Morgan fingerprint density at radius 1 is 1.43 bits per heavy atom. The number of hydrogen-bond donors (Lipinski definition) is 1. The van der Waals surface area contributed by atoms with E-state index in [0.717, 1.165) is 37.4 Å². The summed E-state index contributed by atoms with van der Waals surface area (Å²) in [6.45, 7) is 8.53. The van der Waals surface area contributed by atoms with Gasteiger partial charge in [-0.2, -0.15) is 0 Å². The van der Waals surface area contributed by atoms with E-state index in [0.29, 0.717) is 0 Å². The Hall–Kier alpha value is -1.81. The molecule has 1 heterocycles. The van der Waals surface area contributed by atoms with Gasteiger partial charge in [-0.25, -0.2) is 0 Å². The molecule has 0 aliphatic carbocycles. The minimum absolute atomic E-state index is 0.0374. The van der Waals surface area contributed by atoms with Crippen molar-refractivity contribution in [1.82, 2.24) is 0 Å². The predicted molar refractivity (Wildman–Crippen MR) is 86.7 cm³/mol. The van der Waals surface area contributed by atoms with Gasteiger partial charge in [0.15, 0.2) is 0 Å². The third kappa shape index (κ3) is 4.33. The molecule has 0 saturated carbocycles. The van der Waals surface area contributed by atoms with Crippen LogP contribution in [0.1, 0.15) is 27.2 Å². The molecule has 114 valence electrons. The van der Waals surface area contributed by atoms with Crippen LogP contribution in [0.15, 0.2) is 35.9 Å². The summed E-state index contributed by atoms with van der Waals surface area (Å²) in [5, 5.41) is 2.91. The molecule has 1 aromatic rings. The number of benzene rings is 1. The van der Waals surface area contributed by atoms with Gasteiger partial charge in [0.05, 0.1) is 12.7 Å². The molecule has 0 spiro atoms. The number of ether oxygens (including phenoxy) is 1. The topological polar surface area (TPSA) is 41.6 Å². The van der Waals surface area contributed by atoms with Crippen molar-refractivity contribution < 1.29 is 9.53 Å². The Morgan fingerprint density at radius 2 is 2.14 bits per heavy atom. The molecule has 4 nitrogen and oxygen atoms in total. The number of allylic oxidation sites excluding steroid dienone is 1. The van der Waals surface area contributed by atoms with Crippen LogP contribution in [0.25, 0.3) is 0 Å². The van der Waals surface area contributed by atoms with Crippen LogP contribution >= 0.6 is 0 Å². The molecule has 1 aliphatic rings. The maximum absolute atomic E-state index is 11.9. The Bertz CT molecular complexity index is 508. The van der Waals surface area contributed by atoms with Crippen LogP contribution in [0.3, 0.4) is 0 Å². The van der Waals surface area contributed by atoms with Gasteiger partial charge in [-0.3, -0.25) is 4.79 Å². The normalized spacial score (nSPS) is 19.5. The van der Waals surface area contributed by atoms with Gasteiger partial charge >= 0.3 is 0 Å². The van der Waals surface area contributed by atoms with Crippen molar-refractivity contribution >= 4 is 17.3 Å². The van der Waals surface area contributed by atoms with Gasteiger partial charge in [0.25, 0.3) is 5.91 Å². The fourth-order valence-electron chi connectivity index (χ4n) is 2.44. The van der Waals surface area contributed by atoms with Gasteiger partial charge in [0.2, 0.25) is 0 Å². The second-order valence-electron chi connectivity index (χ2n) is 5.42. The smallest absolute Gasteiger partial charge is 0.250 e. The first-order valence-corrected chi connectivity index (χ1v) is 7.55. The van der Waals surface area contributed by atoms with E-state index in [9.17, 15) is 4.79 Å². The van der Waals surface area contributed by atoms with Crippen molar-refractivity contribution in [3.05, 3.63) is 35.9 Å². The lowest BCUT2D eigenvalue weighted by atomic mass is 10.2. The van der Waals surface area contributed by atoms with Crippen LogP contribution in [0.4, 0.5) is 11.4 Å². The van der Waals surface area contributed by atoms with E-state index >= 15 is 0 Å². The Balaban J connectivity index is 1.99. The maximum Gasteiger partial charge on any atom is 0.250 e. The molecule has 21 heavy (non-hydrogen) atoms.